The van der Waals surface area contributed by atoms with E-state index in [0.29, 0.717) is 16.7 Å². The Kier molecular flexibility index (Phi) is 2.30. The van der Waals surface area contributed by atoms with Gasteiger partial charge in [-0.15, -0.1) is 0 Å². The number of benzene rings is 1. The van der Waals surface area contributed by atoms with Crippen LogP contribution in [0.4, 0.5) is 0 Å². The van der Waals surface area contributed by atoms with Crippen molar-refractivity contribution >= 4 is 17.0 Å². The van der Waals surface area contributed by atoms with E-state index < -0.39 is 5.97 Å². The molecule has 0 bridgehead atoms. The third-order valence-corrected chi connectivity index (χ3v) is 2.73. The van der Waals surface area contributed by atoms with Gasteiger partial charge in [0.2, 0.25) is 0 Å². The summed E-state index contributed by atoms with van der Waals surface area (Å²) in [5.41, 5.74) is 2.79. The van der Waals surface area contributed by atoms with Crippen molar-refractivity contribution in [2.24, 2.45) is 0 Å². The molecule has 0 unspecified atom stereocenters. The molecular weight excluding hydrogens is 230 g/mol. The SMILES string of the molecule is O=C(O)c1cnc(-c2ccccc2)c2[nH]cnc12. The average molecular weight is 239 g/mol. The molecule has 0 aliphatic carbocycles. The molecule has 0 saturated heterocycles. The molecule has 5 heteroatoms. The van der Waals surface area contributed by atoms with Crippen molar-refractivity contribution in [3.63, 3.8) is 0 Å². The van der Waals surface area contributed by atoms with Gasteiger partial charge in [0.15, 0.2) is 0 Å². The third-order valence-electron chi connectivity index (χ3n) is 2.73. The third kappa shape index (κ3) is 1.53. The van der Waals surface area contributed by atoms with Crippen molar-refractivity contribution in [3.05, 3.63) is 48.4 Å². The second-order valence-corrected chi connectivity index (χ2v) is 3.82. The number of nitrogens with one attached hydrogen (secondary N) is 1. The summed E-state index contributed by atoms with van der Waals surface area (Å²) in [7, 11) is 0. The number of carboxylic acids is 1. The summed E-state index contributed by atoms with van der Waals surface area (Å²) in [5, 5.41) is 9.07. The fourth-order valence-corrected chi connectivity index (χ4v) is 1.91. The molecule has 5 nitrogen and oxygen atoms in total. The predicted molar refractivity (Wildman–Crippen MR) is 66.3 cm³/mol. The number of hydrogen-bond acceptors (Lipinski definition) is 3. The molecule has 0 amide bonds. The highest BCUT2D eigenvalue weighted by molar-refractivity contribution is 6.03. The average Bonchev–Trinajstić information content (AvgIpc) is 2.87. The maximum atomic E-state index is 11.1. The van der Waals surface area contributed by atoms with Gasteiger partial charge in [-0.2, -0.15) is 0 Å². The van der Waals surface area contributed by atoms with Gasteiger partial charge in [0.1, 0.15) is 11.1 Å². The predicted octanol–water partition coefficient (Wildman–Crippen LogP) is 2.32. The van der Waals surface area contributed by atoms with Crippen LogP contribution in [0.2, 0.25) is 0 Å². The van der Waals surface area contributed by atoms with Gasteiger partial charge >= 0.3 is 5.97 Å². The summed E-state index contributed by atoms with van der Waals surface area (Å²) >= 11 is 0. The molecule has 0 atom stereocenters. The fraction of sp³-hybridized carbons (Fsp3) is 0. The van der Waals surface area contributed by atoms with E-state index in [-0.39, 0.29) is 5.56 Å². The number of nitrogens with zero attached hydrogens (tertiary/aromatic N) is 2. The number of rotatable bonds is 2. The van der Waals surface area contributed by atoms with Gasteiger partial charge in [-0.25, -0.2) is 9.78 Å². The molecule has 0 fully saturated rings. The smallest absolute Gasteiger partial charge is 0.339 e. The van der Waals surface area contributed by atoms with E-state index in [2.05, 4.69) is 15.0 Å². The van der Waals surface area contributed by atoms with Crippen LogP contribution in [0.15, 0.2) is 42.9 Å². The van der Waals surface area contributed by atoms with E-state index in [4.69, 9.17) is 5.11 Å². The molecule has 0 radical (unpaired) electrons. The molecule has 3 aromatic rings. The number of carboxylic acid groups (broad SMARTS) is 1. The Morgan fingerprint density at radius 2 is 1.94 bits per heavy atom. The van der Waals surface area contributed by atoms with Crippen molar-refractivity contribution < 1.29 is 9.90 Å². The first-order valence-corrected chi connectivity index (χ1v) is 5.38. The summed E-state index contributed by atoms with van der Waals surface area (Å²) < 4.78 is 0. The molecule has 0 saturated carbocycles. The van der Waals surface area contributed by atoms with Crippen LogP contribution >= 0.6 is 0 Å². The van der Waals surface area contributed by atoms with Gasteiger partial charge in [-0.05, 0) is 0 Å². The van der Waals surface area contributed by atoms with E-state index >= 15 is 0 Å². The standard InChI is InChI=1S/C13H9N3O2/c17-13(18)9-6-14-10(8-4-2-1-3-5-8)12-11(9)15-7-16-12/h1-7H,(H,15,16)(H,17,18). The van der Waals surface area contributed by atoms with E-state index in [1.54, 1.807) is 0 Å². The van der Waals surface area contributed by atoms with E-state index in [9.17, 15) is 4.79 Å². The van der Waals surface area contributed by atoms with Gasteiger partial charge in [-0.3, -0.25) is 4.98 Å². The van der Waals surface area contributed by atoms with Crippen LogP contribution in [0, 0.1) is 0 Å². The summed E-state index contributed by atoms with van der Waals surface area (Å²) in [4.78, 5) is 22.3. The Balaban J connectivity index is 2.30. The lowest BCUT2D eigenvalue weighted by atomic mass is 10.1. The lowest BCUT2D eigenvalue weighted by Crippen LogP contribution is -2.00. The number of fused-ring (bicyclic) bond motifs is 1. The van der Waals surface area contributed by atoms with Crippen LogP contribution in [-0.4, -0.2) is 26.0 Å². The Hall–Kier alpha value is -2.69. The molecule has 0 aliphatic rings. The minimum Gasteiger partial charge on any atom is -0.478 e. The van der Waals surface area contributed by atoms with Gasteiger partial charge in [-0.1, -0.05) is 30.3 Å². The summed E-state index contributed by atoms with van der Waals surface area (Å²) in [6, 6.07) is 9.57. The van der Waals surface area contributed by atoms with E-state index in [1.807, 2.05) is 30.3 Å². The van der Waals surface area contributed by atoms with Crippen LogP contribution in [0.1, 0.15) is 10.4 Å². The largest absolute Gasteiger partial charge is 0.478 e. The number of aromatic nitrogens is 3. The number of imidazole rings is 1. The molecule has 18 heavy (non-hydrogen) atoms. The minimum absolute atomic E-state index is 0.103. The second kappa shape index (κ2) is 3.96. The summed E-state index contributed by atoms with van der Waals surface area (Å²) in [5.74, 6) is -1.03. The van der Waals surface area contributed by atoms with Gasteiger partial charge < -0.3 is 10.1 Å². The van der Waals surface area contributed by atoms with Crippen molar-refractivity contribution in [3.8, 4) is 11.3 Å². The number of carbonyl (C=O) groups is 1. The topological polar surface area (TPSA) is 78.9 Å². The van der Waals surface area contributed by atoms with Gasteiger partial charge in [0.25, 0.3) is 0 Å². The minimum atomic E-state index is -1.03. The number of aromatic carboxylic acids is 1. The summed E-state index contributed by atoms with van der Waals surface area (Å²) in [6.07, 6.45) is 2.82. The normalized spacial score (nSPS) is 10.7. The van der Waals surface area contributed by atoms with Crippen molar-refractivity contribution in [2.45, 2.75) is 0 Å². The van der Waals surface area contributed by atoms with E-state index in [0.717, 1.165) is 5.56 Å². The van der Waals surface area contributed by atoms with Crippen molar-refractivity contribution in [1.82, 2.24) is 15.0 Å². The number of hydrogen-bond donors (Lipinski definition) is 2. The zero-order valence-electron chi connectivity index (χ0n) is 9.29. The van der Waals surface area contributed by atoms with Crippen LogP contribution in [0.5, 0.6) is 0 Å². The Morgan fingerprint density at radius 1 is 1.17 bits per heavy atom. The van der Waals surface area contributed by atoms with Crippen LogP contribution in [0.3, 0.4) is 0 Å². The molecule has 88 valence electrons. The van der Waals surface area contributed by atoms with Crippen LogP contribution in [0.25, 0.3) is 22.3 Å². The van der Waals surface area contributed by atoms with Gasteiger partial charge in [0.05, 0.1) is 17.5 Å². The zero-order valence-corrected chi connectivity index (χ0v) is 9.29. The Bertz CT molecular complexity index is 719. The Morgan fingerprint density at radius 3 is 2.67 bits per heavy atom. The highest BCUT2D eigenvalue weighted by Crippen LogP contribution is 2.25. The summed E-state index contributed by atoms with van der Waals surface area (Å²) in [6.45, 7) is 0. The van der Waals surface area contributed by atoms with Gasteiger partial charge in [0, 0.05) is 11.8 Å². The first kappa shape index (κ1) is 10.5. The van der Waals surface area contributed by atoms with Crippen LogP contribution in [-0.2, 0) is 0 Å². The molecule has 1 aromatic carbocycles. The maximum Gasteiger partial charge on any atom is 0.339 e. The number of aromatic amines is 1. The lowest BCUT2D eigenvalue weighted by molar-refractivity contribution is 0.0698. The van der Waals surface area contributed by atoms with Crippen LogP contribution < -0.4 is 0 Å². The fourth-order valence-electron chi connectivity index (χ4n) is 1.91. The monoisotopic (exact) mass is 239 g/mol. The first-order valence-electron chi connectivity index (χ1n) is 5.38. The lowest BCUT2D eigenvalue weighted by Gasteiger charge is -2.03. The zero-order chi connectivity index (χ0) is 12.5. The maximum absolute atomic E-state index is 11.1. The molecule has 2 heterocycles. The number of H-pyrrole nitrogens is 1. The molecule has 2 N–H and O–H groups in total. The first-order chi connectivity index (χ1) is 8.77. The Labute approximate surface area is 102 Å². The van der Waals surface area contributed by atoms with Crippen molar-refractivity contribution in [2.75, 3.05) is 0 Å². The highest BCUT2D eigenvalue weighted by atomic mass is 16.4. The quantitative estimate of drug-likeness (QED) is 0.719. The number of pyridine rings is 1. The molecule has 0 aliphatic heterocycles. The van der Waals surface area contributed by atoms with E-state index in [1.165, 1.54) is 12.5 Å². The molecule has 2 aromatic heterocycles. The highest BCUT2D eigenvalue weighted by Gasteiger charge is 2.15. The van der Waals surface area contributed by atoms with Crippen molar-refractivity contribution in [1.29, 1.82) is 0 Å². The molecule has 0 spiro atoms. The molecular formula is C13H9N3O2. The molecule has 3 rings (SSSR count). The second-order valence-electron chi connectivity index (χ2n) is 3.82.